The molecule has 4 heteroatoms. The van der Waals surface area contributed by atoms with Gasteiger partial charge in [0.2, 0.25) is 10.0 Å². The third-order valence-electron chi connectivity index (χ3n) is 4.03. The van der Waals surface area contributed by atoms with Crippen LogP contribution in [0, 0.1) is 6.92 Å². The molecule has 1 saturated heterocycles. The molecule has 106 valence electrons. The van der Waals surface area contributed by atoms with Gasteiger partial charge in [0.05, 0.1) is 5.75 Å². The van der Waals surface area contributed by atoms with E-state index in [1.807, 2.05) is 45.0 Å². The SMILES string of the molecule is Cc1ccccc1CS(=O)(=O)N1C(C)CCCC1C. The van der Waals surface area contributed by atoms with E-state index in [4.69, 9.17) is 0 Å². The third-order valence-corrected chi connectivity index (χ3v) is 6.07. The standard InChI is InChI=1S/C15H23NO2S/c1-12-7-4-5-10-15(12)11-19(17,18)16-13(2)8-6-9-14(16)3/h4-5,7,10,13-14H,6,8-9,11H2,1-3H3. The molecule has 1 aliphatic rings. The smallest absolute Gasteiger partial charge is 0.212 e. The Morgan fingerprint density at radius 1 is 1.16 bits per heavy atom. The number of piperidine rings is 1. The van der Waals surface area contributed by atoms with Gasteiger partial charge in [0.1, 0.15) is 0 Å². The minimum atomic E-state index is -3.22. The lowest BCUT2D eigenvalue weighted by atomic mass is 10.0. The molecule has 0 saturated carbocycles. The van der Waals surface area contributed by atoms with Crippen LogP contribution in [0.3, 0.4) is 0 Å². The molecule has 2 rings (SSSR count). The molecule has 3 nitrogen and oxygen atoms in total. The predicted molar refractivity (Wildman–Crippen MR) is 78.4 cm³/mol. The molecular weight excluding hydrogens is 258 g/mol. The minimum absolute atomic E-state index is 0.119. The summed E-state index contributed by atoms with van der Waals surface area (Å²) in [5.74, 6) is 0.119. The average Bonchev–Trinajstić information content (AvgIpc) is 2.31. The Bertz CT molecular complexity index is 529. The van der Waals surface area contributed by atoms with Crippen LogP contribution >= 0.6 is 0 Å². The van der Waals surface area contributed by atoms with E-state index >= 15 is 0 Å². The van der Waals surface area contributed by atoms with Gasteiger partial charge >= 0.3 is 0 Å². The molecule has 2 atom stereocenters. The van der Waals surface area contributed by atoms with Crippen LogP contribution in [0.5, 0.6) is 0 Å². The van der Waals surface area contributed by atoms with Crippen LogP contribution in [0.15, 0.2) is 24.3 Å². The highest BCUT2D eigenvalue weighted by molar-refractivity contribution is 7.88. The topological polar surface area (TPSA) is 37.4 Å². The third kappa shape index (κ3) is 3.18. The van der Waals surface area contributed by atoms with Crippen molar-refractivity contribution < 1.29 is 8.42 Å². The summed E-state index contributed by atoms with van der Waals surface area (Å²) in [7, 11) is -3.22. The molecule has 0 amide bonds. The number of sulfonamides is 1. The zero-order valence-electron chi connectivity index (χ0n) is 12.0. The fraction of sp³-hybridized carbons (Fsp3) is 0.600. The van der Waals surface area contributed by atoms with Crippen LogP contribution in [0.1, 0.15) is 44.2 Å². The summed E-state index contributed by atoms with van der Waals surface area (Å²) in [5.41, 5.74) is 1.95. The van der Waals surface area contributed by atoms with E-state index < -0.39 is 10.0 Å². The van der Waals surface area contributed by atoms with E-state index in [1.165, 1.54) is 0 Å². The van der Waals surface area contributed by atoms with E-state index in [9.17, 15) is 8.42 Å². The van der Waals surface area contributed by atoms with E-state index in [2.05, 4.69) is 0 Å². The molecule has 0 radical (unpaired) electrons. The van der Waals surface area contributed by atoms with Crippen molar-refractivity contribution in [2.45, 2.75) is 57.9 Å². The molecule has 1 aromatic rings. The van der Waals surface area contributed by atoms with Gasteiger partial charge in [0.15, 0.2) is 0 Å². The molecule has 1 fully saturated rings. The van der Waals surface area contributed by atoms with Gasteiger partial charge in [-0.3, -0.25) is 0 Å². The molecule has 0 bridgehead atoms. The van der Waals surface area contributed by atoms with Gasteiger partial charge in [-0.15, -0.1) is 0 Å². The van der Waals surface area contributed by atoms with Gasteiger partial charge in [0, 0.05) is 12.1 Å². The Balaban J connectivity index is 2.25. The lowest BCUT2D eigenvalue weighted by Gasteiger charge is -2.37. The molecule has 0 spiro atoms. The molecule has 0 aliphatic carbocycles. The lowest BCUT2D eigenvalue weighted by molar-refractivity contribution is 0.204. The largest absolute Gasteiger partial charge is 0.218 e. The van der Waals surface area contributed by atoms with Gasteiger partial charge in [-0.05, 0) is 44.7 Å². The second kappa shape index (κ2) is 5.63. The summed E-state index contributed by atoms with van der Waals surface area (Å²) in [4.78, 5) is 0. The lowest BCUT2D eigenvalue weighted by Crippen LogP contribution is -2.47. The Hall–Kier alpha value is -0.870. The fourth-order valence-corrected chi connectivity index (χ4v) is 5.16. The molecule has 1 aliphatic heterocycles. The Kier molecular flexibility index (Phi) is 4.31. The van der Waals surface area contributed by atoms with Crippen molar-refractivity contribution in [3.63, 3.8) is 0 Å². The predicted octanol–water partition coefficient (Wildman–Crippen LogP) is 3.09. The van der Waals surface area contributed by atoms with Crippen molar-refractivity contribution in [3.05, 3.63) is 35.4 Å². The molecule has 19 heavy (non-hydrogen) atoms. The van der Waals surface area contributed by atoms with E-state index in [-0.39, 0.29) is 17.8 Å². The highest BCUT2D eigenvalue weighted by Gasteiger charge is 2.34. The van der Waals surface area contributed by atoms with E-state index in [1.54, 1.807) is 4.31 Å². The molecule has 2 unspecified atom stereocenters. The number of aryl methyl sites for hydroxylation is 1. The van der Waals surface area contributed by atoms with Crippen LogP contribution in [0.2, 0.25) is 0 Å². The van der Waals surface area contributed by atoms with Crippen molar-refractivity contribution in [2.75, 3.05) is 0 Å². The van der Waals surface area contributed by atoms with Gasteiger partial charge in [0.25, 0.3) is 0 Å². The van der Waals surface area contributed by atoms with Crippen LogP contribution in [0.4, 0.5) is 0 Å². The quantitative estimate of drug-likeness (QED) is 0.854. The number of rotatable bonds is 3. The highest BCUT2D eigenvalue weighted by atomic mass is 32.2. The normalized spacial score (nSPS) is 25.4. The maximum atomic E-state index is 12.7. The maximum absolute atomic E-state index is 12.7. The van der Waals surface area contributed by atoms with Crippen molar-refractivity contribution >= 4 is 10.0 Å². The minimum Gasteiger partial charge on any atom is -0.212 e. The summed E-state index contributed by atoms with van der Waals surface area (Å²) >= 11 is 0. The van der Waals surface area contributed by atoms with Crippen molar-refractivity contribution in [1.29, 1.82) is 0 Å². The first kappa shape index (κ1) is 14.5. The first-order chi connectivity index (χ1) is 8.92. The zero-order valence-corrected chi connectivity index (χ0v) is 12.8. The fourth-order valence-electron chi connectivity index (χ4n) is 2.99. The molecular formula is C15H23NO2S. The molecule has 1 aromatic carbocycles. The highest BCUT2D eigenvalue weighted by Crippen LogP contribution is 2.27. The van der Waals surface area contributed by atoms with Crippen LogP contribution in [-0.2, 0) is 15.8 Å². The first-order valence-electron chi connectivity index (χ1n) is 6.97. The van der Waals surface area contributed by atoms with E-state index in [0.717, 1.165) is 30.4 Å². The summed E-state index contributed by atoms with van der Waals surface area (Å²) in [5, 5.41) is 0. The van der Waals surface area contributed by atoms with Gasteiger partial charge < -0.3 is 0 Å². The first-order valence-corrected chi connectivity index (χ1v) is 8.58. The molecule has 0 aromatic heterocycles. The molecule has 1 heterocycles. The second-order valence-electron chi connectivity index (χ2n) is 5.64. The molecule has 0 N–H and O–H groups in total. The van der Waals surface area contributed by atoms with Crippen LogP contribution in [-0.4, -0.2) is 24.8 Å². The number of hydrogen-bond donors (Lipinski definition) is 0. The average molecular weight is 281 g/mol. The van der Waals surface area contributed by atoms with Gasteiger partial charge in [-0.25, -0.2) is 8.42 Å². The van der Waals surface area contributed by atoms with Gasteiger partial charge in [-0.1, -0.05) is 30.7 Å². The van der Waals surface area contributed by atoms with Crippen molar-refractivity contribution in [2.24, 2.45) is 0 Å². The van der Waals surface area contributed by atoms with Crippen LogP contribution in [0.25, 0.3) is 0 Å². The number of benzene rings is 1. The summed E-state index contributed by atoms with van der Waals surface area (Å²) in [6.07, 6.45) is 3.06. The van der Waals surface area contributed by atoms with Crippen molar-refractivity contribution in [1.82, 2.24) is 4.31 Å². The van der Waals surface area contributed by atoms with Gasteiger partial charge in [-0.2, -0.15) is 4.31 Å². The second-order valence-corrected chi connectivity index (χ2v) is 7.52. The van der Waals surface area contributed by atoms with E-state index in [0.29, 0.717) is 0 Å². The monoisotopic (exact) mass is 281 g/mol. The Labute approximate surface area is 116 Å². The van der Waals surface area contributed by atoms with Crippen molar-refractivity contribution in [3.8, 4) is 0 Å². The number of hydrogen-bond acceptors (Lipinski definition) is 2. The summed E-state index contributed by atoms with van der Waals surface area (Å²) in [6, 6.07) is 7.97. The Morgan fingerprint density at radius 3 is 2.32 bits per heavy atom. The number of nitrogens with zero attached hydrogens (tertiary/aromatic N) is 1. The zero-order chi connectivity index (χ0) is 14.0. The van der Waals surface area contributed by atoms with Crippen LogP contribution < -0.4 is 0 Å². The summed E-state index contributed by atoms with van der Waals surface area (Å²) in [6.45, 7) is 6.00. The maximum Gasteiger partial charge on any atom is 0.218 e. The summed E-state index contributed by atoms with van der Waals surface area (Å²) < 4.78 is 27.0. The Morgan fingerprint density at radius 2 is 1.74 bits per heavy atom.